The van der Waals surface area contributed by atoms with Crippen molar-refractivity contribution >= 4 is 59.5 Å². The molecule has 1 aromatic carbocycles. The molecule has 2 saturated carbocycles. The normalized spacial score (nSPS) is 21.2. The molecular formula is C29H40Cl2F3N9O3. The fourth-order valence-electron chi connectivity index (χ4n) is 6.26. The topological polar surface area (TPSA) is 144 Å². The number of benzene rings is 1. The van der Waals surface area contributed by atoms with Gasteiger partial charge in [0.05, 0.1) is 6.33 Å². The average molecular weight is 691 g/mol. The van der Waals surface area contributed by atoms with Gasteiger partial charge in [0, 0.05) is 42.9 Å². The lowest BCUT2D eigenvalue weighted by Crippen LogP contribution is -2.41. The summed E-state index contributed by atoms with van der Waals surface area (Å²) in [5.41, 5.74) is 7.98. The molecule has 2 aliphatic carbocycles. The molecule has 0 radical (unpaired) electrons. The third-order valence-electron chi connectivity index (χ3n) is 8.59. The van der Waals surface area contributed by atoms with Crippen LogP contribution in [0.3, 0.4) is 0 Å². The number of nitrogens with zero attached hydrogens (tertiary/aromatic N) is 5. The van der Waals surface area contributed by atoms with E-state index in [0.717, 1.165) is 61.8 Å². The minimum absolute atomic E-state index is 0. The zero-order valence-corrected chi connectivity index (χ0v) is 26.8. The van der Waals surface area contributed by atoms with E-state index in [9.17, 15) is 18.0 Å². The van der Waals surface area contributed by atoms with E-state index in [1.54, 1.807) is 5.06 Å². The molecule has 3 aliphatic rings. The van der Waals surface area contributed by atoms with Gasteiger partial charge in [-0.3, -0.25) is 5.32 Å². The van der Waals surface area contributed by atoms with Crippen molar-refractivity contribution in [1.29, 1.82) is 0 Å². The van der Waals surface area contributed by atoms with Crippen molar-refractivity contribution in [3.8, 4) is 5.75 Å². The van der Waals surface area contributed by atoms with Crippen molar-refractivity contribution in [3.63, 3.8) is 0 Å². The fourth-order valence-corrected chi connectivity index (χ4v) is 6.26. The van der Waals surface area contributed by atoms with Crippen molar-refractivity contribution in [1.82, 2.24) is 24.6 Å². The molecule has 0 bridgehead atoms. The number of hydrogen-bond donors (Lipinski definition) is 4. The maximum Gasteiger partial charge on any atom is 0.573 e. The smallest absolute Gasteiger partial charge is 0.406 e. The first-order valence-electron chi connectivity index (χ1n) is 15.3. The Morgan fingerprint density at radius 1 is 0.891 bits per heavy atom. The Morgan fingerprint density at radius 2 is 1.54 bits per heavy atom. The quantitative estimate of drug-likeness (QED) is 0.210. The van der Waals surface area contributed by atoms with E-state index in [-0.39, 0.29) is 54.4 Å². The van der Waals surface area contributed by atoms with Gasteiger partial charge >= 0.3 is 12.5 Å². The highest BCUT2D eigenvalue weighted by molar-refractivity contribution is 5.86. The molecule has 3 aromatic rings. The molecule has 3 fully saturated rings. The van der Waals surface area contributed by atoms with Crippen LogP contribution in [0.15, 0.2) is 30.6 Å². The Labute approximate surface area is 277 Å². The van der Waals surface area contributed by atoms with Gasteiger partial charge in [-0.2, -0.15) is 9.97 Å². The molecule has 6 rings (SSSR count). The van der Waals surface area contributed by atoms with Gasteiger partial charge in [-0.1, -0.05) is 12.8 Å². The number of anilines is 3. The number of piperidine rings is 1. The second kappa shape index (κ2) is 15.5. The minimum Gasteiger partial charge on any atom is -0.406 e. The molecule has 0 unspecified atom stereocenters. The molecule has 254 valence electrons. The molecule has 12 nitrogen and oxygen atoms in total. The van der Waals surface area contributed by atoms with Gasteiger partial charge in [0.2, 0.25) is 5.95 Å². The molecule has 3 heterocycles. The Bertz CT molecular complexity index is 1430. The van der Waals surface area contributed by atoms with Crippen LogP contribution in [0.4, 0.5) is 35.4 Å². The van der Waals surface area contributed by atoms with Crippen molar-refractivity contribution in [2.45, 2.75) is 94.7 Å². The highest BCUT2D eigenvalue weighted by Gasteiger charge is 2.31. The number of nitrogens with two attached hydrogens (primary N) is 1. The fraction of sp³-hybridized carbons (Fsp3) is 0.586. The van der Waals surface area contributed by atoms with Gasteiger partial charge in [-0.05, 0) is 75.6 Å². The van der Waals surface area contributed by atoms with Crippen LogP contribution in [-0.4, -0.2) is 68.3 Å². The SMILES string of the molecule is Cl.Cl.NC1CCC(Nc2nc(NC3CCN(OC(=O)Nc4ccc(OC(F)(F)F)cc4)CC3)c3ncn(C4CCCC4)c3n2)CC1. The summed E-state index contributed by atoms with van der Waals surface area (Å²) >= 11 is 0. The summed E-state index contributed by atoms with van der Waals surface area (Å²) in [6.07, 6.45) is 6.32. The van der Waals surface area contributed by atoms with Crippen molar-refractivity contribution in [2.24, 2.45) is 5.73 Å². The highest BCUT2D eigenvalue weighted by Crippen LogP contribution is 2.34. The van der Waals surface area contributed by atoms with E-state index in [2.05, 4.69) is 25.3 Å². The van der Waals surface area contributed by atoms with E-state index in [4.69, 9.17) is 25.5 Å². The number of alkyl halides is 3. The number of hydrogen-bond acceptors (Lipinski definition) is 10. The minimum atomic E-state index is -4.78. The lowest BCUT2D eigenvalue weighted by molar-refractivity contribution is -0.274. The molecule has 17 heteroatoms. The van der Waals surface area contributed by atoms with Gasteiger partial charge < -0.3 is 30.5 Å². The summed E-state index contributed by atoms with van der Waals surface area (Å²) < 4.78 is 43.1. The summed E-state index contributed by atoms with van der Waals surface area (Å²) in [7, 11) is 0. The standard InChI is InChI=1S/C29H38F3N9O3.2ClH/c30-29(31,32)43-23-11-9-20(10-12-23)37-28(42)44-40-15-13-21(14-16-40)35-25-24-26(41(17-34-24)22-3-1-2-4-22)39-27(38-25)36-19-7-5-18(33)6-8-19;;/h9-12,17-19,21-22H,1-8,13-16,33H2,(H,37,42)(H2,35,36,38,39);2*1H. The summed E-state index contributed by atoms with van der Waals surface area (Å²) in [5.74, 6) is 0.909. The average Bonchev–Trinajstić information content (AvgIpc) is 3.66. The van der Waals surface area contributed by atoms with Crippen LogP contribution < -0.4 is 26.4 Å². The number of imidazole rings is 1. The molecule has 46 heavy (non-hydrogen) atoms. The number of ether oxygens (including phenoxy) is 1. The Hall–Kier alpha value is -3.27. The van der Waals surface area contributed by atoms with Gasteiger partial charge in [-0.25, -0.2) is 9.78 Å². The number of amides is 1. The van der Waals surface area contributed by atoms with Crippen molar-refractivity contribution < 1.29 is 27.5 Å². The molecular weight excluding hydrogens is 650 g/mol. The Kier molecular flexibility index (Phi) is 12.0. The molecule has 0 atom stereocenters. The highest BCUT2D eigenvalue weighted by atomic mass is 35.5. The number of rotatable bonds is 8. The zero-order valence-electron chi connectivity index (χ0n) is 25.2. The number of aromatic nitrogens is 4. The third-order valence-corrected chi connectivity index (χ3v) is 8.59. The number of carbonyl (C=O) groups excluding carboxylic acids is 1. The molecule has 0 spiro atoms. The summed E-state index contributed by atoms with van der Waals surface area (Å²) in [6, 6.07) is 5.85. The molecule has 1 saturated heterocycles. The van der Waals surface area contributed by atoms with E-state index < -0.39 is 12.5 Å². The van der Waals surface area contributed by atoms with E-state index >= 15 is 0 Å². The van der Waals surface area contributed by atoms with E-state index in [1.165, 1.54) is 25.0 Å². The largest absolute Gasteiger partial charge is 0.573 e. The van der Waals surface area contributed by atoms with Crippen LogP contribution >= 0.6 is 24.8 Å². The molecule has 1 aliphatic heterocycles. The molecule has 1 amide bonds. The maximum absolute atomic E-state index is 12.4. The summed E-state index contributed by atoms with van der Waals surface area (Å²) in [4.78, 5) is 32.3. The van der Waals surface area contributed by atoms with Crippen molar-refractivity contribution in [2.75, 3.05) is 29.0 Å². The van der Waals surface area contributed by atoms with Crippen molar-refractivity contribution in [3.05, 3.63) is 30.6 Å². The van der Waals surface area contributed by atoms with Crippen LogP contribution in [0, 0.1) is 0 Å². The van der Waals surface area contributed by atoms with Crippen LogP contribution in [0.1, 0.15) is 70.3 Å². The summed E-state index contributed by atoms with van der Waals surface area (Å²) in [6.45, 7) is 0.975. The lowest BCUT2D eigenvalue weighted by Gasteiger charge is -2.31. The monoisotopic (exact) mass is 689 g/mol. The zero-order chi connectivity index (χ0) is 30.7. The first-order valence-corrected chi connectivity index (χ1v) is 15.3. The van der Waals surface area contributed by atoms with Gasteiger partial charge in [0.1, 0.15) is 5.75 Å². The lowest BCUT2D eigenvalue weighted by atomic mass is 9.92. The van der Waals surface area contributed by atoms with Gasteiger partial charge in [-0.15, -0.1) is 43.0 Å². The second-order valence-electron chi connectivity index (χ2n) is 11.8. The number of nitrogens with one attached hydrogen (secondary N) is 3. The number of hydroxylamine groups is 2. The maximum atomic E-state index is 12.4. The van der Waals surface area contributed by atoms with E-state index in [1.807, 2.05) is 6.33 Å². The Balaban J connectivity index is 0.00000240. The second-order valence-corrected chi connectivity index (χ2v) is 11.8. The predicted molar refractivity (Wildman–Crippen MR) is 173 cm³/mol. The molecule has 5 N–H and O–H groups in total. The van der Waals surface area contributed by atoms with Crippen LogP contribution in [-0.2, 0) is 4.84 Å². The van der Waals surface area contributed by atoms with Gasteiger partial charge in [0.15, 0.2) is 17.0 Å². The van der Waals surface area contributed by atoms with Crippen LogP contribution in [0.25, 0.3) is 11.2 Å². The van der Waals surface area contributed by atoms with Crippen LogP contribution in [0.5, 0.6) is 5.75 Å². The van der Waals surface area contributed by atoms with E-state index in [0.29, 0.717) is 43.7 Å². The first-order chi connectivity index (χ1) is 21.2. The number of halogens is 5. The molecule has 2 aromatic heterocycles. The van der Waals surface area contributed by atoms with Gasteiger partial charge in [0.25, 0.3) is 0 Å². The summed E-state index contributed by atoms with van der Waals surface area (Å²) in [5, 5.41) is 11.2. The predicted octanol–water partition coefficient (Wildman–Crippen LogP) is 6.41. The third kappa shape index (κ3) is 9.17. The van der Waals surface area contributed by atoms with Crippen LogP contribution in [0.2, 0.25) is 0 Å². The number of carbonyl (C=O) groups is 1. The first kappa shape index (κ1) is 35.6. The number of fused-ring (bicyclic) bond motifs is 1. The Morgan fingerprint density at radius 3 is 2.20 bits per heavy atom.